The van der Waals surface area contributed by atoms with Crippen molar-refractivity contribution in [3.05, 3.63) is 22.4 Å². The molecule has 0 saturated carbocycles. The van der Waals surface area contributed by atoms with Gasteiger partial charge in [0.05, 0.1) is 8.07 Å². The number of aliphatic hydroxyl groups excluding tert-OH is 1. The molecule has 3 heteroatoms. The lowest BCUT2D eigenvalue weighted by Crippen LogP contribution is -2.43. The molecular weight excluding hydrogens is 336 g/mol. The molecule has 152 valence electrons. The van der Waals surface area contributed by atoms with E-state index in [2.05, 4.69) is 39.6 Å². The minimum Gasteiger partial charge on any atom is -0.396 e. The van der Waals surface area contributed by atoms with Crippen molar-refractivity contribution in [2.75, 3.05) is 6.61 Å². The molecule has 26 heavy (non-hydrogen) atoms. The molecule has 1 atom stereocenters. The Morgan fingerprint density at radius 2 is 1.42 bits per heavy atom. The highest BCUT2D eigenvalue weighted by Crippen LogP contribution is 2.46. The Hall–Kier alpha value is -0.383. The topological polar surface area (TPSA) is 40.5 Å². The van der Waals surface area contributed by atoms with E-state index in [9.17, 15) is 10.2 Å². The van der Waals surface area contributed by atoms with E-state index in [1.165, 1.54) is 62.1 Å². The van der Waals surface area contributed by atoms with E-state index in [-0.39, 0.29) is 6.61 Å². The molecule has 0 radical (unpaired) electrons. The quantitative estimate of drug-likeness (QED) is 0.265. The highest BCUT2D eigenvalue weighted by Gasteiger charge is 2.45. The van der Waals surface area contributed by atoms with Crippen LogP contribution in [0.5, 0.6) is 0 Å². The van der Waals surface area contributed by atoms with Crippen molar-refractivity contribution >= 4 is 8.07 Å². The van der Waals surface area contributed by atoms with Crippen molar-refractivity contribution in [1.29, 1.82) is 0 Å². The lowest BCUT2D eigenvalue weighted by atomic mass is 9.88. The summed E-state index contributed by atoms with van der Waals surface area (Å²) >= 11 is 0. The summed E-state index contributed by atoms with van der Waals surface area (Å²) in [5.41, 5.74) is 1.71. The second-order valence-electron chi connectivity index (χ2n) is 9.13. The lowest BCUT2D eigenvalue weighted by molar-refractivity contribution is 0.105. The summed E-state index contributed by atoms with van der Waals surface area (Å²) < 4.78 is 0. The number of allylic oxidation sites excluding steroid dienone is 2. The van der Waals surface area contributed by atoms with Crippen LogP contribution < -0.4 is 0 Å². The van der Waals surface area contributed by atoms with Gasteiger partial charge in [0.2, 0.25) is 0 Å². The zero-order chi connectivity index (χ0) is 19.6. The largest absolute Gasteiger partial charge is 0.396 e. The zero-order valence-corrected chi connectivity index (χ0v) is 19.2. The summed E-state index contributed by atoms with van der Waals surface area (Å²) in [4.78, 5) is 0. The molecule has 1 aliphatic carbocycles. The van der Waals surface area contributed by atoms with Crippen LogP contribution in [0.1, 0.15) is 90.9 Å². The Morgan fingerprint density at radius 1 is 0.846 bits per heavy atom. The van der Waals surface area contributed by atoms with Gasteiger partial charge in [-0.05, 0) is 48.4 Å². The van der Waals surface area contributed by atoms with E-state index >= 15 is 0 Å². The molecule has 1 aliphatic rings. The molecule has 0 bridgehead atoms. The zero-order valence-electron chi connectivity index (χ0n) is 18.2. The molecule has 2 N–H and O–H groups in total. The molecule has 2 nitrogen and oxygen atoms in total. The van der Waals surface area contributed by atoms with Gasteiger partial charge in [-0.3, -0.25) is 0 Å². The maximum absolute atomic E-state index is 11.8. The first kappa shape index (κ1) is 23.7. The van der Waals surface area contributed by atoms with Gasteiger partial charge in [-0.2, -0.15) is 0 Å². The molecule has 0 saturated heterocycles. The fourth-order valence-corrected chi connectivity index (χ4v) is 7.23. The van der Waals surface area contributed by atoms with Crippen LogP contribution in [0, 0.1) is 0 Å². The molecule has 1 rings (SSSR count). The predicted molar refractivity (Wildman–Crippen MR) is 117 cm³/mol. The average Bonchev–Trinajstić information content (AvgIpc) is 2.84. The molecule has 1 unspecified atom stereocenters. The molecule has 0 aromatic heterocycles. The Morgan fingerprint density at radius 3 is 1.96 bits per heavy atom. The molecular formula is C23H44O2Si. The molecule has 0 heterocycles. The highest BCUT2D eigenvalue weighted by atomic mass is 28.3. The fourth-order valence-electron chi connectivity index (χ4n) is 4.54. The van der Waals surface area contributed by atoms with Crippen LogP contribution in [0.25, 0.3) is 0 Å². The van der Waals surface area contributed by atoms with Crippen LogP contribution >= 0.6 is 0 Å². The van der Waals surface area contributed by atoms with E-state index in [4.69, 9.17) is 0 Å². The van der Waals surface area contributed by atoms with Gasteiger partial charge in [-0.25, -0.2) is 0 Å². The molecule has 0 amide bonds. The van der Waals surface area contributed by atoms with Crippen LogP contribution in [-0.2, 0) is 0 Å². The van der Waals surface area contributed by atoms with Crippen molar-refractivity contribution in [3.8, 4) is 0 Å². The number of hydrogen-bond donors (Lipinski definition) is 2. The van der Waals surface area contributed by atoms with Crippen molar-refractivity contribution in [1.82, 2.24) is 0 Å². The normalized spacial score (nSPS) is 20.8. The second-order valence-corrected chi connectivity index (χ2v) is 14.1. The van der Waals surface area contributed by atoms with Crippen LogP contribution in [0.2, 0.25) is 19.6 Å². The third-order valence-corrected chi connectivity index (χ3v) is 7.92. The highest BCUT2D eigenvalue weighted by molar-refractivity contribution is 6.83. The molecule has 0 aliphatic heterocycles. The van der Waals surface area contributed by atoms with Gasteiger partial charge in [0.1, 0.15) is 5.60 Å². The van der Waals surface area contributed by atoms with Gasteiger partial charge in [0.15, 0.2) is 0 Å². The minimum absolute atomic E-state index is 0.131. The summed E-state index contributed by atoms with van der Waals surface area (Å²) in [6.45, 7) is 11.7. The molecule has 0 aromatic carbocycles. The van der Waals surface area contributed by atoms with Gasteiger partial charge < -0.3 is 10.2 Å². The van der Waals surface area contributed by atoms with Gasteiger partial charge in [0.25, 0.3) is 0 Å². The van der Waals surface area contributed by atoms with Crippen molar-refractivity contribution in [2.24, 2.45) is 0 Å². The summed E-state index contributed by atoms with van der Waals surface area (Å²) in [5, 5.41) is 22.7. The van der Waals surface area contributed by atoms with Crippen molar-refractivity contribution in [2.45, 2.75) is 116 Å². The maximum Gasteiger partial charge on any atom is 0.104 e. The van der Waals surface area contributed by atoms with Crippen molar-refractivity contribution < 1.29 is 10.2 Å². The Kier molecular flexibility index (Phi) is 10.4. The SMILES string of the molecule is CCCCCCCC1(O)C(CCO)=CC(CCCCCC)=C1[Si](C)(C)C. The Labute approximate surface area is 163 Å². The standard InChI is InChI=1S/C23H44O2Si/c1-6-8-10-12-14-17-23(25)21(16-18-24)19-20(15-13-11-9-7-2)22(23)26(3,4)5/h19,24-25H,6-18H2,1-5H3. The van der Waals surface area contributed by atoms with Crippen molar-refractivity contribution in [3.63, 3.8) is 0 Å². The van der Waals surface area contributed by atoms with Crippen LogP contribution in [0.3, 0.4) is 0 Å². The van der Waals surface area contributed by atoms with E-state index < -0.39 is 13.7 Å². The summed E-state index contributed by atoms with van der Waals surface area (Å²) in [7, 11) is -1.64. The van der Waals surface area contributed by atoms with E-state index in [0.717, 1.165) is 24.8 Å². The smallest absolute Gasteiger partial charge is 0.104 e. The summed E-state index contributed by atoms with van der Waals surface area (Å²) in [6.07, 6.45) is 15.9. The molecule has 0 aromatic rings. The van der Waals surface area contributed by atoms with Crippen LogP contribution in [0.15, 0.2) is 22.4 Å². The van der Waals surface area contributed by atoms with E-state index in [0.29, 0.717) is 6.42 Å². The van der Waals surface area contributed by atoms with Gasteiger partial charge >= 0.3 is 0 Å². The van der Waals surface area contributed by atoms with Gasteiger partial charge in [-0.15, -0.1) is 0 Å². The number of hydrogen-bond acceptors (Lipinski definition) is 2. The summed E-state index contributed by atoms with van der Waals surface area (Å²) in [6, 6.07) is 0. The van der Waals surface area contributed by atoms with E-state index in [1.54, 1.807) is 0 Å². The second kappa shape index (κ2) is 11.5. The monoisotopic (exact) mass is 380 g/mol. The number of aliphatic hydroxyl groups is 2. The number of unbranched alkanes of at least 4 members (excludes halogenated alkanes) is 7. The first-order valence-electron chi connectivity index (χ1n) is 11.1. The molecule has 0 spiro atoms. The van der Waals surface area contributed by atoms with E-state index in [1.807, 2.05) is 0 Å². The third-order valence-electron chi connectivity index (χ3n) is 5.69. The summed E-state index contributed by atoms with van der Waals surface area (Å²) in [5.74, 6) is 0. The van der Waals surface area contributed by atoms with Gasteiger partial charge in [-0.1, -0.05) is 84.5 Å². The first-order valence-corrected chi connectivity index (χ1v) is 14.6. The molecule has 0 fully saturated rings. The maximum atomic E-state index is 11.8. The predicted octanol–water partition coefficient (Wildman–Crippen LogP) is 6.54. The fraction of sp³-hybridized carbons (Fsp3) is 0.826. The first-order chi connectivity index (χ1) is 12.3. The Bertz CT molecular complexity index is 473. The minimum atomic E-state index is -1.64. The third kappa shape index (κ3) is 6.65. The lowest BCUT2D eigenvalue weighted by Gasteiger charge is -2.37. The Balaban J connectivity index is 2.98. The van der Waals surface area contributed by atoms with Crippen LogP contribution in [-0.4, -0.2) is 30.5 Å². The average molecular weight is 381 g/mol. The number of rotatable bonds is 14. The van der Waals surface area contributed by atoms with Gasteiger partial charge in [0, 0.05) is 6.61 Å². The van der Waals surface area contributed by atoms with Crippen LogP contribution in [0.4, 0.5) is 0 Å².